The predicted octanol–water partition coefficient (Wildman–Crippen LogP) is 3.24. The van der Waals surface area contributed by atoms with Gasteiger partial charge in [-0.05, 0) is 49.7 Å². The molecule has 0 heterocycles. The Morgan fingerprint density at radius 3 is 2.50 bits per heavy atom. The van der Waals surface area contributed by atoms with E-state index in [0.29, 0.717) is 12.3 Å². The number of carbonyl (C=O) groups excluding carboxylic acids is 1. The summed E-state index contributed by atoms with van der Waals surface area (Å²) in [5.41, 5.74) is 1.15. The maximum atomic E-state index is 12.8. The number of hydrogen-bond donors (Lipinski definition) is 1. The van der Waals surface area contributed by atoms with Crippen LogP contribution in [0, 0.1) is 5.82 Å². The summed E-state index contributed by atoms with van der Waals surface area (Å²) in [5.74, 6) is -0.0356. The van der Waals surface area contributed by atoms with Gasteiger partial charge in [0.15, 0.2) is 6.10 Å². The van der Waals surface area contributed by atoms with Gasteiger partial charge in [-0.2, -0.15) is 0 Å². The summed E-state index contributed by atoms with van der Waals surface area (Å²) in [7, 11) is 2.03. The molecule has 2 aromatic rings. The maximum Gasteiger partial charge on any atom is 0.260 e. The Morgan fingerprint density at radius 1 is 1.17 bits per heavy atom. The molecule has 0 aliphatic rings. The summed E-state index contributed by atoms with van der Waals surface area (Å²) in [6, 6.07) is 15.7. The second kappa shape index (κ2) is 8.91. The van der Waals surface area contributed by atoms with E-state index in [1.165, 1.54) is 24.3 Å². The Balaban J connectivity index is 1.68. The first-order valence-electron chi connectivity index (χ1n) is 8.02. The molecule has 1 atom stereocenters. The molecule has 5 heteroatoms. The van der Waals surface area contributed by atoms with Crippen LogP contribution in [0.1, 0.15) is 13.3 Å². The number of hydrogen-bond acceptors (Lipinski definition) is 3. The third-order valence-corrected chi connectivity index (χ3v) is 3.66. The van der Waals surface area contributed by atoms with Gasteiger partial charge in [-0.25, -0.2) is 4.39 Å². The van der Waals surface area contributed by atoms with E-state index in [0.717, 1.165) is 18.7 Å². The van der Waals surface area contributed by atoms with Gasteiger partial charge in [-0.3, -0.25) is 4.79 Å². The van der Waals surface area contributed by atoms with Crippen molar-refractivity contribution in [1.82, 2.24) is 5.32 Å². The maximum absolute atomic E-state index is 12.8. The Labute approximate surface area is 142 Å². The lowest BCUT2D eigenvalue weighted by atomic mass is 10.3. The van der Waals surface area contributed by atoms with Crippen molar-refractivity contribution in [3.63, 3.8) is 0 Å². The lowest BCUT2D eigenvalue weighted by Gasteiger charge is -2.19. The van der Waals surface area contributed by atoms with E-state index >= 15 is 0 Å². The molecule has 1 N–H and O–H groups in total. The summed E-state index contributed by atoms with van der Waals surface area (Å²) in [4.78, 5) is 14.1. The van der Waals surface area contributed by atoms with Crippen molar-refractivity contribution in [3.05, 3.63) is 60.4 Å². The lowest BCUT2D eigenvalue weighted by molar-refractivity contribution is -0.127. The molecule has 128 valence electrons. The summed E-state index contributed by atoms with van der Waals surface area (Å²) < 4.78 is 18.3. The van der Waals surface area contributed by atoms with Crippen LogP contribution in [0.5, 0.6) is 5.75 Å². The first-order valence-corrected chi connectivity index (χ1v) is 8.02. The highest BCUT2D eigenvalue weighted by molar-refractivity contribution is 5.80. The quantitative estimate of drug-likeness (QED) is 0.756. The van der Waals surface area contributed by atoms with E-state index < -0.39 is 6.10 Å². The zero-order valence-corrected chi connectivity index (χ0v) is 14.0. The van der Waals surface area contributed by atoms with Crippen LogP contribution in [0.4, 0.5) is 10.1 Å². The standard InChI is InChI=1S/C19H23FN2O2/c1-15(24-18-11-9-16(20)10-12-18)19(23)21-13-6-14-22(2)17-7-4-3-5-8-17/h3-5,7-12,15H,6,13-14H2,1-2H3,(H,21,23)/t15-/m1/s1. The van der Waals surface area contributed by atoms with Gasteiger partial charge in [0.1, 0.15) is 11.6 Å². The molecule has 1 amide bonds. The molecule has 24 heavy (non-hydrogen) atoms. The molecule has 2 rings (SSSR count). The number of halogens is 1. The Kier molecular flexibility index (Phi) is 6.61. The van der Waals surface area contributed by atoms with Gasteiger partial charge in [0.2, 0.25) is 0 Å². The molecule has 0 aliphatic carbocycles. The molecule has 4 nitrogen and oxygen atoms in total. The smallest absolute Gasteiger partial charge is 0.260 e. The fourth-order valence-electron chi connectivity index (χ4n) is 2.25. The van der Waals surface area contributed by atoms with Crippen molar-refractivity contribution in [2.45, 2.75) is 19.4 Å². The van der Waals surface area contributed by atoms with Crippen LogP contribution in [-0.2, 0) is 4.79 Å². The van der Waals surface area contributed by atoms with E-state index in [-0.39, 0.29) is 11.7 Å². The molecule has 0 saturated carbocycles. The second-order valence-electron chi connectivity index (χ2n) is 5.62. The number of rotatable bonds is 8. The Hall–Kier alpha value is -2.56. The van der Waals surface area contributed by atoms with E-state index in [1.807, 2.05) is 25.2 Å². The molecular formula is C19H23FN2O2. The van der Waals surface area contributed by atoms with Crippen LogP contribution >= 0.6 is 0 Å². The van der Waals surface area contributed by atoms with Gasteiger partial charge in [0.25, 0.3) is 5.91 Å². The summed E-state index contributed by atoms with van der Waals surface area (Å²) in [5, 5.41) is 2.86. The number of amides is 1. The molecule has 0 saturated heterocycles. The second-order valence-corrected chi connectivity index (χ2v) is 5.62. The van der Waals surface area contributed by atoms with Crippen molar-refractivity contribution < 1.29 is 13.9 Å². The van der Waals surface area contributed by atoms with E-state index in [2.05, 4.69) is 22.3 Å². The molecular weight excluding hydrogens is 307 g/mol. The molecule has 0 fully saturated rings. The monoisotopic (exact) mass is 330 g/mol. The fourth-order valence-corrected chi connectivity index (χ4v) is 2.25. The van der Waals surface area contributed by atoms with Gasteiger partial charge < -0.3 is 15.0 Å². The number of nitrogens with zero attached hydrogens (tertiary/aromatic N) is 1. The molecule has 0 radical (unpaired) electrons. The third-order valence-electron chi connectivity index (χ3n) is 3.66. The molecule has 0 spiro atoms. The minimum atomic E-state index is -0.623. The van der Waals surface area contributed by atoms with E-state index in [4.69, 9.17) is 4.74 Å². The molecule has 0 aromatic heterocycles. The first-order chi connectivity index (χ1) is 11.6. The topological polar surface area (TPSA) is 41.6 Å². The van der Waals surface area contributed by atoms with Gasteiger partial charge in [0.05, 0.1) is 0 Å². The highest BCUT2D eigenvalue weighted by Crippen LogP contribution is 2.13. The van der Waals surface area contributed by atoms with Crippen molar-refractivity contribution in [2.75, 3.05) is 25.0 Å². The summed E-state index contributed by atoms with van der Waals surface area (Å²) >= 11 is 0. The Bertz CT molecular complexity index is 632. The number of carbonyl (C=O) groups is 1. The average molecular weight is 330 g/mol. The van der Waals surface area contributed by atoms with Gasteiger partial charge in [-0.1, -0.05) is 18.2 Å². The number of nitrogens with one attached hydrogen (secondary N) is 1. The highest BCUT2D eigenvalue weighted by atomic mass is 19.1. The van der Waals surface area contributed by atoms with Crippen molar-refractivity contribution in [2.24, 2.45) is 0 Å². The van der Waals surface area contributed by atoms with Gasteiger partial charge in [0, 0.05) is 25.8 Å². The van der Waals surface area contributed by atoms with Gasteiger partial charge in [-0.15, -0.1) is 0 Å². The summed E-state index contributed by atoms with van der Waals surface area (Å²) in [6.07, 6.45) is 0.211. The molecule has 2 aromatic carbocycles. The van der Waals surface area contributed by atoms with Crippen LogP contribution < -0.4 is 15.0 Å². The van der Waals surface area contributed by atoms with Crippen LogP contribution in [0.2, 0.25) is 0 Å². The molecule has 0 unspecified atom stereocenters. The number of anilines is 1. The van der Waals surface area contributed by atoms with Crippen molar-refractivity contribution in [1.29, 1.82) is 0 Å². The van der Waals surface area contributed by atoms with Gasteiger partial charge >= 0.3 is 0 Å². The Morgan fingerprint density at radius 2 is 1.83 bits per heavy atom. The minimum absolute atomic E-state index is 0.179. The normalized spacial score (nSPS) is 11.6. The minimum Gasteiger partial charge on any atom is -0.481 e. The van der Waals surface area contributed by atoms with Crippen LogP contribution in [-0.4, -0.2) is 32.1 Å². The molecule has 0 aliphatic heterocycles. The zero-order chi connectivity index (χ0) is 17.4. The zero-order valence-electron chi connectivity index (χ0n) is 14.0. The SMILES string of the molecule is C[C@@H](Oc1ccc(F)cc1)C(=O)NCCCN(C)c1ccccc1. The first kappa shape index (κ1) is 17.8. The number of ether oxygens (including phenoxy) is 1. The number of para-hydroxylation sites is 1. The lowest BCUT2D eigenvalue weighted by Crippen LogP contribution is -2.37. The number of benzene rings is 2. The van der Waals surface area contributed by atoms with Crippen LogP contribution in [0.15, 0.2) is 54.6 Å². The summed E-state index contributed by atoms with van der Waals surface area (Å²) in [6.45, 7) is 3.10. The van der Waals surface area contributed by atoms with E-state index in [9.17, 15) is 9.18 Å². The average Bonchev–Trinajstić information content (AvgIpc) is 2.61. The third kappa shape index (κ3) is 5.57. The predicted molar refractivity (Wildman–Crippen MR) is 93.8 cm³/mol. The fraction of sp³-hybridized carbons (Fsp3) is 0.316. The largest absolute Gasteiger partial charge is 0.481 e. The van der Waals surface area contributed by atoms with Crippen molar-refractivity contribution in [3.8, 4) is 5.75 Å². The highest BCUT2D eigenvalue weighted by Gasteiger charge is 2.14. The van der Waals surface area contributed by atoms with Crippen LogP contribution in [0.3, 0.4) is 0 Å². The van der Waals surface area contributed by atoms with Crippen LogP contribution in [0.25, 0.3) is 0 Å². The van der Waals surface area contributed by atoms with E-state index in [1.54, 1.807) is 6.92 Å². The van der Waals surface area contributed by atoms with Crippen molar-refractivity contribution >= 4 is 11.6 Å². The molecule has 0 bridgehead atoms.